The number of benzene rings is 2. The lowest BCUT2D eigenvalue weighted by Crippen LogP contribution is -2.23. The van der Waals surface area contributed by atoms with Crippen molar-refractivity contribution in [3.8, 4) is 0 Å². The van der Waals surface area contributed by atoms with Crippen LogP contribution in [0.5, 0.6) is 0 Å². The topological polar surface area (TPSA) is 46.9 Å². The fourth-order valence-electron chi connectivity index (χ4n) is 2.46. The molecule has 1 N–H and O–H groups in total. The first kappa shape index (κ1) is 16.0. The van der Waals surface area contributed by atoms with Crippen molar-refractivity contribution in [1.29, 1.82) is 0 Å². The van der Waals surface area contributed by atoms with Crippen LogP contribution in [0.1, 0.15) is 21.6 Å². The quantitative estimate of drug-likeness (QED) is 0.797. The van der Waals surface area contributed by atoms with Gasteiger partial charge in [0.2, 0.25) is 0 Å². The van der Waals surface area contributed by atoms with Crippen molar-refractivity contribution in [2.45, 2.75) is 12.7 Å². The van der Waals surface area contributed by atoms with E-state index < -0.39 is 11.7 Å². The lowest BCUT2D eigenvalue weighted by molar-refractivity contribution is -0.137. The van der Waals surface area contributed by atoms with Crippen molar-refractivity contribution in [2.75, 3.05) is 0 Å². The van der Waals surface area contributed by atoms with Gasteiger partial charge in [-0.1, -0.05) is 30.3 Å². The van der Waals surface area contributed by atoms with Gasteiger partial charge in [-0.3, -0.25) is 9.48 Å². The van der Waals surface area contributed by atoms with Crippen molar-refractivity contribution >= 4 is 16.8 Å². The van der Waals surface area contributed by atoms with E-state index in [1.54, 1.807) is 17.8 Å². The Morgan fingerprint density at radius 3 is 2.46 bits per heavy atom. The number of carbonyl (C=O) groups excluding carboxylic acids is 1. The highest BCUT2D eigenvalue weighted by molar-refractivity contribution is 6.04. The minimum absolute atomic E-state index is 0.127. The summed E-state index contributed by atoms with van der Waals surface area (Å²) in [5.74, 6) is -0.369. The molecule has 24 heavy (non-hydrogen) atoms. The Labute approximate surface area is 135 Å². The van der Waals surface area contributed by atoms with E-state index in [1.807, 2.05) is 18.2 Å². The van der Waals surface area contributed by atoms with Crippen LogP contribution in [0.25, 0.3) is 10.9 Å². The number of halogens is 3. The molecule has 7 heteroatoms. The first-order valence-electron chi connectivity index (χ1n) is 7.22. The Morgan fingerprint density at radius 1 is 1.12 bits per heavy atom. The molecule has 0 saturated heterocycles. The Balaban J connectivity index is 1.73. The van der Waals surface area contributed by atoms with E-state index in [0.717, 1.165) is 23.0 Å². The number of aromatic nitrogens is 2. The molecule has 0 bridgehead atoms. The maximum Gasteiger partial charge on any atom is 0.416 e. The van der Waals surface area contributed by atoms with Gasteiger partial charge in [0.1, 0.15) is 0 Å². The number of hydrogen-bond acceptors (Lipinski definition) is 2. The summed E-state index contributed by atoms with van der Waals surface area (Å²) in [5, 5.41) is 7.61. The van der Waals surface area contributed by atoms with Gasteiger partial charge < -0.3 is 5.32 Å². The second-order valence-corrected chi connectivity index (χ2v) is 5.37. The summed E-state index contributed by atoms with van der Waals surface area (Å²) >= 11 is 0. The van der Waals surface area contributed by atoms with E-state index in [9.17, 15) is 18.0 Å². The molecule has 1 heterocycles. The smallest absolute Gasteiger partial charge is 0.347 e. The standard InChI is InChI=1S/C17H14F3N3O/c1-23-14-5-3-2-4-13(14)15(22-23)16(24)21-10-11-6-8-12(9-7-11)17(18,19)20/h2-9H,10H2,1H3,(H,21,24). The average molecular weight is 333 g/mol. The number of fused-ring (bicyclic) bond motifs is 1. The van der Waals surface area contributed by atoms with Crippen molar-refractivity contribution < 1.29 is 18.0 Å². The Hall–Kier alpha value is -2.83. The molecule has 4 nitrogen and oxygen atoms in total. The van der Waals surface area contributed by atoms with Crippen molar-refractivity contribution in [3.05, 3.63) is 65.4 Å². The van der Waals surface area contributed by atoms with Crippen LogP contribution in [0.15, 0.2) is 48.5 Å². The first-order valence-corrected chi connectivity index (χ1v) is 7.22. The van der Waals surface area contributed by atoms with Crippen LogP contribution in [0.2, 0.25) is 0 Å². The van der Waals surface area contributed by atoms with Gasteiger partial charge in [-0.2, -0.15) is 18.3 Å². The van der Waals surface area contributed by atoms with Crippen molar-refractivity contribution in [2.24, 2.45) is 7.05 Å². The molecule has 0 fully saturated rings. The van der Waals surface area contributed by atoms with Gasteiger partial charge in [-0.15, -0.1) is 0 Å². The molecule has 0 atom stereocenters. The van der Waals surface area contributed by atoms with Gasteiger partial charge in [0.25, 0.3) is 5.91 Å². The van der Waals surface area contributed by atoms with Gasteiger partial charge in [0.05, 0.1) is 11.1 Å². The van der Waals surface area contributed by atoms with Crippen LogP contribution in [-0.4, -0.2) is 15.7 Å². The van der Waals surface area contributed by atoms with E-state index >= 15 is 0 Å². The molecule has 0 unspecified atom stereocenters. The van der Waals surface area contributed by atoms with E-state index in [2.05, 4.69) is 10.4 Å². The molecular formula is C17H14F3N3O. The van der Waals surface area contributed by atoms with Gasteiger partial charge in [0.15, 0.2) is 5.69 Å². The molecular weight excluding hydrogens is 319 g/mol. The van der Waals surface area contributed by atoms with Crippen LogP contribution in [0.4, 0.5) is 13.2 Å². The van der Waals surface area contributed by atoms with Crippen LogP contribution in [0.3, 0.4) is 0 Å². The largest absolute Gasteiger partial charge is 0.416 e. The predicted octanol–water partition coefficient (Wildman–Crippen LogP) is 3.52. The Bertz CT molecular complexity index is 882. The Kier molecular flexibility index (Phi) is 4.01. The molecule has 0 aliphatic carbocycles. The van der Waals surface area contributed by atoms with Crippen molar-refractivity contribution in [1.82, 2.24) is 15.1 Å². The zero-order valence-electron chi connectivity index (χ0n) is 12.8. The van der Waals surface area contributed by atoms with Gasteiger partial charge in [-0.25, -0.2) is 0 Å². The first-order chi connectivity index (χ1) is 11.4. The number of nitrogens with zero attached hydrogens (tertiary/aromatic N) is 2. The fraction of sp³-hybridized carbons (Fsp3) is 0.176. The van der Waals surface area contributed by atoms with Crippen LogP contribution < -0.4 is 5.32 Å². The summed E-state index contributed by atoms with van der Waals surface area (Å²) in [7, 11) is 1.75. The molecule has 0 spiro atoms. The minimum atomic E-state index is -4.37. The van der Waals surface area contributed by atoms with Gasteiger partial charge >= 0.3 is 6.18 Å². The summed E-state index contributed by atoms with van der Waals surface area (Å²) in [6, 6.07) is 12.0. The van der Waals surface area contributed by atoms with Crippen molar-refractivity contribution in [3.63, 3.8) is 0 Å². The fourth-order valence-corrected chi connectivity index (χ4v) is 2.46. The number of hydrogen-bond donors (Lipinski definition) is 1. The monoisotopic (exact) mass is 333 g/mol. The zero-order chi connectivity index (χ0) is 17.3. The van der Waals surface area contributed by atoms with Crippen LogP contribution in [-0.2, 0) is 19.8 Å². The SMILES string of the molecule is Cn1nc(C(=O)NCc2ccc(C(F)(F)F)cc2)c2ccccc21. The van der Waals surface area contributed by atoms with E-state index in [4.69, 9.17) is 0 Å². The summed E-state index contributed by atoms with van der Waals surface area (Å²) in [4.78, 5) is 12.3. The van der Waals surface area contributed by atoms with E-state index in [-0.39, 0.29) is 12.5 Å². The molecule has 0 saturated carbocycles. The second-order valence-electron chi connectivity index (χ2n) is 5.37. The molecule has 0 aliphatic rings. The lowest BCUT2D eigenvalue weighted by Gasteiger charge is -2.08. The summed E-state index contributed by atoms with van der Waals surface area (Å²) in [6.45, 7) is 0.127. The molecule has 124 valence electrons. The summed E-state index contributed by atoms with van der Waals surface area (Å²) in [5.41, 5.74) is 0.988. The number of carbonyl (C=O) groups is 1. The summed E-state index contributed by atoms with van der Waals surface area (Å²) in [6.07, 6.45) is -4.37. The zero-order valence-corrected chi connectivity index (χ0v) is 12.8. The third kappa shape index (κ3) is 3.10. The van der Waals surface area contributed by atoms with E-state index in [0.29, 0.717) is 11.3 Å². The summed E-state index contributed by atoms with van der Waals surface area (Å²) < 4.78 is 39.2. The maximum atomic E-state index is 12.5. The van der Waals surface area contributed by atoms with Crippen LogP contribution >= 0.6 is 0 Å². The number of amides is 1. The average Bonchev–Trinajstić information content (AvgIpc) is 2.90. The number of nitrogens with one attached hydrogen (secondary N) is 1. The third-order valence-corrected chi connectivity index (χ3v) is 3.71. The highest BCUT2D eigenvalue weighted by Crippen LogP contribution is 2.29. The normalized spacial score (nSPS) is 11.7. The number of alkyl halides is 3. The third-order valence-electron chi connectivity index (χ3n) is 3.71. The van der Waals surface area contributed by atoms with Gasteiger partial charge in [-0.05, 0) is 23.8 Å². The van der Waals surface area contributed by atoms with Crippen LogP contribution in [0, 0.1) is 0 Å². The molecule has 1 amide bonds. The minimum Gasteiger partial charge on any atom is -0.347 e. The second kappa shape index (κ2) is 5.99. The highest BCUT2D eigenvalue weighted by Gasteiger charge is 2.29. The van der Waals surface area contributed by atoms with Gasteiger partial charge in [0, 0.05) is 19.0 Å². The maximum absolute atomic E-state index is 12.5. The molecule has 0 aliphatic heterocycles. The highest BCUT2D eigenvalue weighted by atomic mass is 19.4. The number of aryl methyl sites for hydroxylation is 1. The molecule has 0 radical (unpaired) electrons. The lowest BCUT2D eigenvalue weighted by atomic mass is 10.1. The molecule has 3 aromatic rings. The molecule has 2 aromatic carbocycles. The molecule has 1 aromatic heterocycles. The predicted molar refractivity (Wildman–Crippen MR) is 83.3 cm³/mol. The Morgan fingerprint density at radius 2 is 1.79 bits per heavy atom. The number of para-hydroxylation sites is 1. The number of rotatable bonds is 3. The molecule has 3 rings (SSSR count). The van der Waals surface area contributed by atoms with E-state index in [1.165, 1.54) is 12.1 Å².